The summed E-state index contributed by atoms with van der Waals surface area (Å²) in [5.74, 6) is 0.770. The highest BCUT2D eigenvalue weighted by Gasteiger charge is 2.16. The van der Waals surface area contributed by atoms with E-state index in [1.54, 1.807) is 19.4 Å². The van der Waals surface area contributed by atoms with Gasteiger partial charge in [-0.25, -0.2) is 9.97 Å². The minimum atomic E-state index is -0.788. The summed E-state index contributed by atoms with van der Waals surface area (Å²) in [6.45, 7) is 2.75. The number of aliphatic carboxylic acids is 1. The highest BCUT2D eigenvalue weighted by molar-refractivity contribution is 5.68. The average Bonchev–Trinajstić information content (AvgIpc) is 2.69. The van der Waals surface area contributed by atoms with Gasteiger partial charge in [-0.05, 0) is 37.7 Å². The van der Waals surface area contributed by atoms with Gasteiger partial charge < -0.3 is 20.9 Å². The molecule has 0 aliphatic rings. The number of anilines is 2. The number of hydrogen-bond acceptors (Lipinski definition) is 7. The van der Waals surface area contributed by atoms with Crippen LogP contribution in [0.5, 0.6) is 5.88 Å². The number of carboxylic acids is 1. The van der Waals surface area contributed by atoms with Gasteiger partial charge in [0, 0.05) is 30.6 Å². The number of nitrogens with two attached hydrogens (primary N) is 1. The van der Waals surface area contributed by atoms with E-state index in [0.717, 1.165) is 56.3 Å². The monoisotopic (exact) mass is 401 g/mol. The number of carboxylic acid groups (broad SMARTS) is 1. The molecule has 0 saturated heterocycles. The molecule has 0 aliphatic carbocycles. The van der Waals surface area contributed by atoms with Crippen LogP contribution in [0.15, 0.2) is 24.4 Å². The Bertz CT molecular complexity index is 767. The fourth-order valence-corrected chi connectivity index (χ4v) is 3.29. The SMILES string of the molecule is CCNc1nc(N)cc(CCCCCC[C@@H](CC(=O)O)c2ccc(OC)nc2)n1. The summed E-state index contributed by atoms with van der Waals surface area (Å²) in [7, 11) is 1.56. The van der Waals surface area contributed by atoms with Crippen LogP contribution in [-0.4, -0.2) is 39.7 Å². The van der Waals surface area contributed by atoms with Gasteiger partial charge in [0.2, 0.25) is 11.8 Å². The second kappa shape index (κ2) is 11.8. The molecule has 2 rings (SSSR count). The van der Waals surface area contributed by atoms with Gasteiger partial charge in [-0.2, -0.15) is 4.98 Å². The Morgan fingerprint density at radius 2 is 2.03 bits per heavy atom. The van der Waals surface area contributed by atoms with Gasteiger partial charge >= 0.3 is 5.97 Å². The highest BCUT2D eigenvalue weighted by Crippen LogP contribution is 2.27. The molecular weight excluding hydrogens is 370 g/mol. The molecule has 0 radical (unpaired) electrons. The van der Waals surface area contributed by atoms with Crippen molar-refractivity contribution in [3.63, 3.8) is 0 Å². The van der Waals surface area contributed by atoms with Crippen molar-refractivity contribution in [2.75, 3.05) is 24.7 Å². The third-order valence-corrected chi connectivity index (χ3v) is 4.73. The molecule has 0 spiro atoms. The molecule has 4 N–H and O–H groups in total. The van der Waals surface area contributed by atoms with E-state index in [-0.39, 0.29) is 12.3 Å². The van der Waals surface area contributed by atoms with E-state index >= 15 is 0 Å². The first-order valence-corrected chi connectivity index (χ1v) is 10.1. The summed E-state index contributed by atoms with van der Waals surface area (Å²) in [6, 6.07) is 5.50. The fraction of sp³-hybridized carbons (Fsp3) is 0.524. The quantitative estimate of drug-likeness (QED) is 0.435. The maximum absolute atomic E-state index is 11.2. The van der Waals surface area contributed by atoms with Crippen LogP contribution in [0.1, 0.15) is 62.6 Å². The molecule has 2 heterocycles. The number of methoxy groups -OCH3 is 1. The van der Waals surface area contributed by atoms with Gasteiger partial charge in [-0.15, -0.1) is 0 Å². The zero-order chi connectivity index (χ0) is 21.1. The standard InChI is InChI=1S/C21H31N5O3/c1-3-23-21-25-17(13-18(22)26-21)9-7-5-4-6-8-15(12-20(27)28)16-10-11-19(29-2)24-14-16/h10-11,13-15H,3-9,12H2,1-2H3,(H,27,28)(H3,22,23,25,26)/t15-/m0/s1. The molecule has 0 bridgehead atoms. The van der Waals surface area contributed by atoms with Crippen molar-refractivity contribution in [1.82, 2.24) is 15.0 Å². The van der Waals surface area contributed by atoms with Crippen LogP contribution in [0.3, 0.4) is 0 Å². The maximum Gasteiger partial charge on any atom is 0.303 e. The van der Waals surface area contributed by atoms with Gasteiger partial charge in [0.05, 0.1) is 13.5 Å². The van der Waals surface area contributed by atoms with Gasteiger partial charge in [0.25, 0.3) is 0 Å². The molecule has 2 aromatic heterocycles. The first-order chi connectivity index (χ1) is 14.0. The van der Waals surface area contributed by atoms with Gasteiger partial charge in [0.1, 0.15) is 5.82 Å². The summed E-state index contributed by atoms with van der Waals surface area (Å²) in [4.78, 5) is 24.1. The number of carbonyl (C=O) groups is 1. The molecule has 0 unspecified atom stereocenters. The van der Waals surface area contributed by atoms with Crippen molar-refractivity contribution in [2.24, 2.45) is 0 Å². The molecule has 0 aromatic carbocycles. The molecule has 8 heteroatoms. The summed E-state index contributed by atoms with van der Waals surface area (Å²) >= 11 is 0. The molecule has 8 nitrogen and oxygen atoms in total. The number of unbranched alkanes of at least 4 members (excludes halogenated alkanes) is 3. The third kappa shape index (κ3) is 7.93. The molecule has 1 atom stereocenters. The first kappa shape index (κ1) is 22.4. The lowest BCUT2D eigenvalue weighted by Crippen LogP contribution is -2.07. The lowest BCUT2D eigenvalue weighted by atomic mass is 9.91. The lowest BCUT2D eigenvalue weighted by Gasteiger charge is -2.15. The molecule has 0 aliphatic heterocycles. The number of nitrogens with one attached hydrogen (secondary N) is 1. The second-order valence-electron chi connectivity index (χ2n) is 7.02. The number of ether oxygens (including phenoxy) is 1. The zero-order valence-corrected chi connectivity index (χ0v) is 17.2. The van der Waals surface area contributed by atoms with Crippen molar-refractivity contribution >= 4 is 17.7 Å². The van der Waals surface area contributed by atoms with Crippen LogP contribution in [0.4, 0.5) is 11.8 Å². The second-order valence-corrected chi connectivity index (χ2v) is 7.02. The summed E-state index contributed by atoms with van der Waals surface area (Å²) in [6.07, 6.45) is 7.59. The van der Waals surface area contributed by atoms with E-state index in [1.807, 2.05) is 19.1 Å². The fourth-order valence-electron chi connectivity index (χ4n) is 3.29. The largest absolute Gasteiger partial charge is 0.481 e. The van der Waals surface area contributed by atoms with E-state index in [9.17, 15) is 9.90 Å². The minimum Gasteiger partial charge on any atom is -0.481 e. The van der Waals surface area contributed by atoms with Gasteiger partial charge in [0.15, 0.2) is 0 Å². The predicted molar refractivity (Wildman–Crippen MR) is 113 cm³/mol. The number of pyridine rings is 1. The number of nitrogen functional groups attached to an aromatic ring is 1. The van der Waals surface area contributed by atoms with Crippen LogP contribution in [0.25, 0.3) is 0 Å². The van der Waals surface area contributed by atoms with Gasteiger partial charge in [-0.3, -0.25) is 4.79 Å². The third-order valence-electron chi connectivity index (χ3n) is 4.73. The molecule has 29 heavy (non-hydrogen) atoms. The van der Waals surface area contributed by atoms with Crippen LogP contribution in [-0.2, 0) is 11.2 Å². The minimum absolute atomic E-state index is 0.0322. The smallest absolute Gasteiger partial charge is 0.303 e. The van der Waals surface area contributed by atoms with Crippen molar-refractivity contribution in [3.05, 3.63) is 35.7 Å². The van der Waals surface area contributed by atoms with E-state index in [0.29, 0.717) is 17.6 Å². The summed E-state index contributed by atoms with van der Waals surface area (Å²) in [5, 5.41) is 12.3. The van der Waals surface area contributed by atoms with E-state index in [1.165, 1.54) is 0 Å². The number of nitrogens with zero attached hydrogens (tertiary/aromatic N) is 3. The Labute approximate surface area is 171 Å². The number of hydrogen-bond donors (Lipinski definition) is 3. The first-order valence-electron chi connectivity index (χ1n) is 10.1. The number of aromatic nitrogens is 3. The van der Waals surface area contributed by atoms with Crippen LogP contribution < -0.4 is 15.8 Å². The lowest BCUT2D eigenvalue weighted by molar-refractivity contribution is -0.137. The van der Waals surface area contributed by atoms with Crippen molar-refractivity contribution in [1.29, 1.82) is 0 Å². The van der Waals surface area contributed by atoms with Crippen LogP contribution in [0.2, 0.25) is 0 Å². The Morgan fingerprint density at radius 1 is 1.24 bits per heavy atom. The Morgan fingerprint density at radius 3 is 2.69 bits per heavy atom. The topological polar surface area (TPSA) is 123 Å². The molecule has 2 aromatic rings. The Hall–Kier alpha value is -2.90. The van der Waals surface area contributed by atoms with Gasteiger partial charge in [-0.1, -0.05) is 25.3 Å². The molecule has 0 amide bonds. The van der Waals surface area contributed by atoms with Crippen LogP contribution in [0, 0.1) is 0 Å². The molecular formula is C21H31N5O3. The number of aryl methyl sites for hydroxylation is 1. The van der Waals surface area contributed by atoms with Crippen LogP contribution >= 0.6 is 0 Å². The zero-order valence-electron chi connectivity index (χ0n) is 17.2. The van der Waals surface area contributed by atoms with Crippen molar-refractivity contribution in [2.45, 2.75) is 57.8 Å². The molecule has 158 valence electrons. The summed E-state index contributed by atoms with van der Waals surface area (Å²) in [5.41, 5.74) is 7.73. The van der Waals surface area contributed by atoms with Crippen molar-refractivity contribution < 1.29 is 14.6 Å². The van der Waals surface area contributed by atoms with Crippen molar-refractivity contribution in [3.8, 4) is 5.88 Å². The maximum atomic E-state index is 11.2. The predicted octanol–water partition coefficient (Wildman–Crippen LogP) is 3.65. The molecule has 0 saturated carbocycles. The summed E-state index contributed by atoms with van der Waals surface area (Å²) < 4.78 is 5.07. The number of rotatable bonds is 13. The molecule has 0 fully saturated rings. The normalized spacial score (nSPS) is 11.8. The van der Waals surface area contributed by atoms with E-state index < -0.39 is 5.97 Å². The highest BCUT2D eigenvalue weighted by atomic mass is 16.5. The Kier molecular flexibility index (Phi) is 9.14. The van der Waals surface area contributed by atoms with E-state index in [2.05, 4.69) is 20.3 Å². The average molecular weight is 402 g/mol. The van der Waals surface area contributed by atoms with E-state index in [4.69, 9.17) is 10.5 Å². The Balaban J connectivity index is 1.77.